The van der Waals surface area contributed by atoms with Gasteiger partial charge in [-0.1, -0.05) is 0 Å². The van der Waals surface area contributed by atoms with Crippen LogP contribution in [0.3, 0.4) is 0 Å². The molecule has 0 saturated heterocycles. The molecule has 0 radical (unpaired) electrons. The maximum absolute atomic E-state index is 9.92. The van der Waals surface area contributed by atoms with Gasteiger partial charge in [0.2, 0.25) is 0 Å². The first-order chi connectivity index (χ1) is 6.27. The molecule has 0 aliphatic carbocycles. The summed E-state index contributed by atoms with van der Waals surface area (Å²) in [7, 11) is -7.83. The van der Waals surface area contributed by atoms with Crippen LogP contribution in [0.4, 0.5) is 0 Å². The molecule has 0 spiro atoms. The quantitative estimate of drug-likeness (QED) is 0.654. The molecule has 84 valence electrons. The second-order valence-corrected chi connectivity index (χ2v) is 4.00. The van der Waals surface area contributed by atoms with Crippen LogP contribution in [0.2, 0.25) is 0 Å². The minimum Gasteiger partial charge on any atom is -0.357 e. The van der Waals surface area contributed by atoms with Crippen molar-refractivity contribution in [1.29, 1.82) is 0 Å². The van der Waals surface area contributed by atoms with Crippen molar-refractivity contribution in [2.45, 2.75) is 6.92 Å². The molecular weight excluding hydrogens is 240 g/mol. The van der Waals surface area contributed by atoms with Crippen molar-refractivity contribution in [2.75, 3.05) is 6.61 Å². The van der Waals surface area contributed by atoms with Crippen LogP contribution in [-0.2, 0) is 33.3 Å². The fourth-order valence-electron chi connectivity index (χ4n) is 0.353. The standard InChI is InChI=1S/C2H2O4S.C2H6O4S/c3-7(4)5-1-2-6-7;1-2-6-7(3,4)5/h1-2H;2H2,1H3,(H,3,4,5). The molecule has 0 bridgehead atoms. The van der Waals surface area contributed by atoms with E-state index in [1.54, 1.807) is 0 Å². The van der Waals surface area contributed by atoms with Crippen LogP contribution in [0, 0.1) is 0 Å². The second-order valence-electron chi connectivity index (χ2n) is 1.71. The summed E-state index contributed by atoms with van der Waals surface area (Å²) in [6.45, 7) is 1.44. The first-order valence-electron chi connectivity index (χ1n) is 3.15. The van der Waals surface area contributed by atoms with Gasteiger partial charge in [-0.25, -0.2) is 4.18 Å². The Morgan fingerprint density at radius 1 is 1.36 bits per heavy atom. The fourth-order valence-corrected chi connectivity index (χ4v) is 1.06. The van der Waals surface area contributed by atoms with Crippen LogP contribution in [0.1, 0.15) is 6.92 Å². The van der Waals surface area contributed by atoms with Gasteiger partial charge in [0.25, 0.3) is 0 Å². The zero-order chi connectivity index (χ0) is 11.2. The van der Waals surface area contributed by atoms with Crippen molar-refractivity contribution >= 4 is 20.8 Å². The van der Waals surface area contributed by atoms with E-state index in [2.05, 4.69) is 12.5 Å². The lowest BCUT2D eigenvalue weighted by molar-refractivity contribution is 0.283. The van der Waals surface area contributed by atoms with Crippen molar-refractivity contribution < 1.29 is 33.9 Å². The van der Waals surface area contributed by atoms with Gasteiger partial charge in [-0.05, 0) is 6.92 Å². The summed E-state index contributed by atoms with van der Waals surface area (Å²) in [6.07, 6.45) is 1.91. The van der Waals surface area contributed by atoms with Crippen molar-refractivity contribution in [3.05, 3.63) is 12.5 Å². The predicted molar refractivity (Wildman–Crippen MR) is 43.4 cm³/mol. The summed E-state index contributed by atoms with van der Waals surface area (Å²) >= 11 is 0. The second kappa shape index (κ2) is 5.14. The highest BCUT2D eigenvalue weighted by Crippen LogP contribution is 2.03. The van der Waals surface area contributed by atoms with Crippen LogP contribution >= 0.6 is 0 Å². The van der Waals surface area contributed by atoms with E-state index in [1.807, 2.05) is 0 Å². The minimum atomic E-state index is -4.17. The first-order valence-corrected chi connectivity index (χ1v) is 5.85. The highest BCUT2D eigenvalue weighted by Gasteiger charge is 2.13. The van der Waals surface area contributed by atoms with E-state index in [9.17, 15) is 16.8 Å². The van der Waals surface area contributed by atoms with E-state index in [-0.39, 0.29) is 6.61 Å². The molecule has 0 fully saturated rings. The summed E-state index contributed by atoms with van der Waals surface area (Å²) in [4.78, 5) is 0. The molecule has 8 nitrogen and oxygen atoms in total. The molecule has 1 aliphatic heterocycles. The van der Waals surface area contributed by atoms with E-state index >= 15 is 0 Å². The summed E-state index contributed by atoms with van der Waals surface area (Å²) in [5.41, 5.74) is 0. The number of rotatable bonds is 2. The molecule has 0 atom stereocenters. The van der Waals surface area contributed by atoms with E-state index < -0.39 is 20.8 Å². The Bertz CT molecular complexity index is 362. The lowest BCUT2D eigenvalue weighted by Crippen LogP contribution is -2.01. The van der Waals surface area contributed by atoms with Gasteiger partial charge < -0.3 is 8.37 Å². The SMILES string of the molecule is CCOS(=O)(=O)O.O=S1(=O)OC=CO1. The zero-order valence-electron chi connectivity index (χ0n) is 6.98. The Hall–Kier alpha value is -0.840. The lowest BCUT2D eigenvalue weighted by Gasteiger charge is -1.88. The Morgan fingerprint density at radius 3 is 1.86 bits per heavy atom. The van der Waals surface area contributed by atoms with Crippen molar-refractivity contribution in [3.8, 4) is 0 Å². The number of hydrogen-bond donors (Lipinski definition) is 1. The van der Waals surface area contributed by atoms with Crippen LogP contribution in [-0.4, -0.2) is 28.0 Å². The molecule has 0 aromatic carbocycles. The number of hydrogen-bond acceptors (Lipinski definition) is 7. The van der Waals surface area contributed by atoms with Gasteiger partial charge in [-0.2, -0.15) is 8.42 Å². The molecule has 0 amide bonds. The van der Waals surface area contributed by atoms with E-state index in [0.717, 1.165) is 12.5 Å². The maximum Gasteiger partial charge on any atom is 0.500 e. The predicted octanol–water partition coefficient (Wildman–Crippen LogP) is -0.425. The summed E-state index contributed by atoms with van der Waals surface area (Å²) in [6, 6.07) is 0. The topological polar surface area (TPSA) is 116 Å². The highest BCUT2D eigenvalue weighted by molar-refractivity contribution is 7.82. The van der Waals surface area contributed by atoms with Gasteiger partial charge >= 0.3 is 20.8 Å². The average molecular weight is 248 g/mol. The van der Waals surface area contributed by atoms with Gasteiger partial charge in [0, 0.05) is 0 Å². The molecule has 0 unspecified atom stereocenters. The van der Waals surface area contributed by atoms with Gasteiger partial charge in [-0.3, -0.25) is 4.55 Å². The van der Waals surface area contributed by atoms with Crippen LogP contribution in [0.5, 0.6) is 0 Å². The van der Waals surface area contributed by atoms with E-state index in [4.69, 9.17) is 4.55 Å². The largest absolute Gasteiger partial charge is 0.500 e. The fraction of sp³-hybridized carbons (Fsp3) is 0.500. The molecule has 0 aromatic rings. The summed E-state index contributed by atoms with van der Waals surface area (Å²) < 4.78 is 58.3. The summed E-state index contributed by atoms with van der Waals surface area (Å²) in [5.74, 6) is 0. The van der Waals surface area contributed by atoms with E-state index in [0.29, 0.717) is 0 Å². The molecule has 1 heterocycles. The van der Waals surface area contributed by atoms with Gasteiger partial charge in [0.1, 0.15) is 12.5 Å². The molecular formula is C4H8O8S2. The summed E-state index contributed by atoms with van der Waals surface area (Å²) in [5, 5.41) is 0. The normalized spacial score (nSPS) is 17.6. The third-order valence-electron chi connectivity index (χ3n) is 0.669. The third kappa shape index (κ3) is 7.79. The first kappa shape index (κ1) is 13.2. The lowest BCUT2D eigenvalue weighted by atomic mass is 10.9. The molecule has 1 N–H and O–H groups in total. The molecule has 10 heteroatoms. The Labute approximate surface area is 81.4 Å². The zero-order valence-corrected chi connectivity index (χ0v) is 8.62. The van der Waals surface area contributed by atoms with Crippen molar-refractivity contribution in [2.24, 2.45) is 0 Å². The maximum atomic E-state index is 9.92. The molecule has 1 rings (SSSR count). The van der Waals surface area contributed by atoms with Gasteiger partial charge in [0.05, 0.1) is 6.61 Å². The van der Waals surface area contributed by atoms with Crippen LogP contribution < -0.4 is 0 Å². The molecule has 0 aromatic heterocycles. The van der Waals surface area contributed by atoms with Crippen LogP contribution in [0.15, 0.2) is 12.5 Å². The van der Waals surface area contributed by atoms with Crippen molar-refractivity contribution in [3.63, 3.8) is 0 Å². The van der Waals surface area contributed by atoms with Gasteiger partial charge in [-0.15, -0.1) is 8.42 Å². The van der Waals surface area contributed by atoms with Crippen molar-refractivity contribution in [1.82, 2.24) is 0 Å². The molecule has 14 heavy (non-hydrogen) atoms. The highest BCUT2D eigenvalue weighted by atomic mass is 32.3. The monoisotopic (exact) mass is 248 g/mol. The minimum absolute atomic E-state index is 0.0289. The molecule has 1 aliphatic rings. The smallest absolute Gasteiger partial charge is 0.357 e. The molecule has 0 saturated carbocycles. The third-order valence-corrected chi connectivity index (χ3v) is 1.90. The van der Waals surface area contributed by atoms with Crippen LogP contribution in [0.25, 0.3) is 0 Å². The Morgan fingerprint density at radius 2 is 1.79 bits per heavy atom. The average Bonchev–Trinajstić information content (AvgIpc) is 2.32. The Balaban J connectivity index is 0.000000241. The Kier molecular flexibility index (Phi) is 4.83. The van der Waals surface area contributed by atoms with Gasteiger partial charge in [0.15, 0.2) is 0 Å². The van der Waals surface area contributed by atoms with E-state index in [1.165, 1.54) is 6.92 Å².